The van der Waals surface area contributed by atoms with Crippen molar-refractivity contribution in [3.63, 3.8) is 0 Å². The van der Waals surface area contributed by atoms with Crippen LogP contribution >= 0.6 is 37.9 Å². The lowest BCUT2D eigenvalue weighted by molar-refractivity contribution is 0.367. The molecule has 2 heterocycles. The number of rotatable bonds is 2. The predicted molar refractivity (Wildman–Crippen MR) is 79.1 cm³/mol. The number of thiophene rings is 1. The molecule has 0 aliphatic heterocycles. The third-order valence-corrected chi connectivity index (χ3v) is 5.05. The largest absolute Gasteiger partial charge is 0.296 e. The van der Waals surface area contributed by atoms with Gasteiger partial charge in [0.2, 0.25) is 0 Å². The van der Waals surface area contributed by atoms with Crippen molar-refractivity contribution in [3.05, 3.63) is 15.9 Å². The molecule has 0 fully saturated rings. The predicted octanol–water partition coefficient (Wildman–Crippen LogP) is 3.45. The minimum atomic E-state index is -3.94. The Bertz CT molecular complexity index is 715. The molecular formula is C10H11BrClN3O2S2. The van der Waals surface area contributed by atoms with E-state index in [-0.39, 0.29) is 5.16 Å². The van der Waals surface area contributed by atoms with Gasteiger partial charge in [0.25, 0.3) is 14.2 Å². The monoisotopic (exact) mass is 383 g/mol. The summed E-state index contributed by atoms with van der Waals surface area (Å²) in [6.07, 6.45) is 0. The summed E-state index contributed by atoms with van der Waals surface area (Å²) in [5, 5.41) is 7.46. The topological polar surface area (TPSA) is 64.8 Å². The fourth-order valence-corrected chi connectivity index (χ4v) is 4.00. The van der Waals surface area contributed by atoms with E-state index in [1.165, 1.54) is 15.9 Å². The van der Waals surface area contributed by atoms with Gasteiger partial charge in [-0.25, -0.2) is 8.42 Å². The average molecular weight is 385 g/mol. The summed E-state index contributed by atoms with van der Waals surface area (Å²) in [7, 11) is 1.48. The second-order valence-corrected chi connectivity index (χ2v) is 9.78. The minimum Gasteiger partial charge on any atom is -0.291 e. The summed E-state index contributed by atoms with van der Waals surface area (Å²) in [6.45, 7) is 5.61. The average Bonchev–Trinajstić information content (AvgIpc) is 2.79. The first-order valence-electron chi connectivity index (χ1n) is 5.27. The molecule has 0 amide bonds. The summed E-state index contributed by atoms with van der Waals surface area (Å²) in [5.41, 5.74) is -0.507. The van der Waals surface area contributed by atoms with Gasteiger partial charge in [0, 0.05) is 16.2 Å². The molecule has 0 aliphatic carbocycles. The Morgan fingerprint density at radius 2 is 1.95 bits per heavy atom. The zero-order valence-electron chi connectivity index (χ0n) is 10.4. The molecule has 0 bridgehead atoms. The molecule has 19 heavy (non-hydrogen) atoms. The highest BCUT2D eigenvalue weighted by Gasteiger charge is 2.30. The second-order valence-electron chi connectivity index (χ2n) is 4.85. The van der Waals surface area contributed by atoms with Crippen LogP contribution in [0.4, 0.5) is 0 Å². The van der Waals surface area contributed by atoms with E-state index < -0.39 is 14.6 Å². The van der Waals surface area contributed by atoms with Crippen molar-refractivity contribution in [2.75, 3.05) is 0 Å². The highest BCUT2D eigenvalue weighted by atomic mass is 79.9. The quantitative estimate of drug-likeness (QED) is 0.744. The third kappa shape index (κ3) is 3.01. The maximum absolute atomic E-state index is 11.6. The molecule has 9 heteroatoms. The molecule has 0 aliphatic rings. The van der Waals surface area contributed by atoms with Crippen molar-refractivity contribution in [2.45, 2.75) is 31.5 Å². The van der Waals surface area contributed by atoms with Gasteiger partial charge in [0.15, 0.2) is 5.82 Å². The van der Waals surface area contributed by atoms with Crippen molar-refractivity contribution >= 4 is 47.0 Å². The molecule has 2 rings (SSSR count). The third-order valence-electron chi connectivity index (χ3n) is 2.32. The van der Waals surface area contributed by atoms with Gasteiger partial charge in [-0.05, 0) is 48.8 Å². The highest BCUT2D eigenvalue weighted by molar-refractivity contribution is 9.11. The van der Waals surface area contributed by atoms with Gasteiger partial charge in [-0.1, -0.05) is 0 Å². The Hall–Kier alpha value is -0.440. The fraction of sp³-hybridized carbons (Fsp3) is 0.400. The molecule has 0 unspecified atom stereocenters. The molecular weight excluding hydrogens is 374 g/mol. The minimum absolute atomic E-state index is 0.235. The number of hydrogen-bond acceptors (Lipinski definition) is 5. The van der Waals surface area contributed by atoms with E-state index in [9.17, 15) is 8.42 Å². The molecule has 2 aromatic heterocycles. The van der Waals surface area contributed by atoms with E-state index >= 15 is 0 Å². The van der Waals surface area contributed by atoms with E-state index in [1.807, 2.05) is 32.9 Å². The molecule has 0 saturated carbocycles. The van der Waals surface area contributed by atoms with E-state index in [0.29, 0.717) is 5.82 Å². The lowest BCUT2D eigenvalue weighted by Gasteiger charge is -2.23. The van der Waals surface area contributed by atoms with Crippen molar-refractivity contribution in [1.82, 2.24) is 14.8 Å². The van der Waals surface area contributed by atoms with Crippen LogP contribution in [-0.4, -0.2) is 23.2 Å². The van der Waals surface area contributed by atoms with Crippen LogP contribution in [0.3, 0.4) is 0 Å². The van der Waals surface area contributed by atoms with Gasteiger partial charge < -0.3 is 0 Å². The zero-order chi connectivity index (χ0) is 14.4. The van der Waals surface area contributed by atoms with Crippen LogP contribution in [0.1, 0.15) is 20.8 Å². The zero-order valence-corrected chi connectivity index (χ0v) is 14.4. The number of aromatic nitrogens is 3. The normalized spacial score (nSPS) is 12.9. The molecule has 0 radical (unpaired) electrons. The van der Waals surface area contributed by atoms with Crippen LogP contribution in [0.15, 0.2) is 21.1 Å². The Labute approximate surface area is 128 Å². The van der Waals surface area contributed by atoms with Crippen molar-refractivity contribution in [3.8, 4) is 10.7 Å². The number of hydrogen-bond donors (Lipinski definition) is 0. The van der Waals surface area contributed by atoms with Crippen LogP contribution in [0.25, 0.3) is 10.7 Å². The van der Waals surface area contributed by atoms with Crippen LogP contribution in [0, 0.1) is 0 Å². The van der Waals surface area contributed by atoms with Crippen LogP contribution in [0.2, 0.25) is 0 Å². The molecule has 2 aromatic rings. The summed E-state index contributed by atoms with van der Waals surface area (Å²) in [5.74, 6) is 0.488. The van der Waals surface area contributed by atoms with Gasteiger partial charge >= 0.3 is 0 Å². The number of nitrogens with zero attached hydrogens (tertiary/aromatic N) is 3. The Balaban J connectivity index is 2.74. The molecule has 104 valence electrons. The van der Waals surface area contributed by atoms with Gasteiger partial charge in [0.1, 0.15) is 0 Å². The second kappa shape index (κ2) is 4.83. The summed E-state index contributed by atoms with van der Waals surface area (Å²) in [6, 6.07) is 3.72. The smallest absolute Gasteiger partial charge is 0.291 e. The number of halogens is 2. The first-order valence-corrected chi connectivity index (χ1v) is 9.19. The van der Waals surface area contributed by atoms with Gasteiger partial charge in [-0.2, -0.15) is 0 Å². The highest BCUT2D eigenvalue weighted by Crippen LogP contribution is 2.34. The lowest BCUT2D eigenvalue weighted by atomic mass is 10.1. The molecule has 5 nitrogen and oxygen atoms in total. The molecule has 0 atom stereocenters. The SMILES string of the molecule is CC(C)(C)n1c(-c2ccc(Br)s2)nnc1S(=O)(=O)Cl. The maximum atomic E-state index is 11.6. The standard InChI is InChI=1S/C10H11BrClN3O2S2/c1-10(2,3)15-8(6-4-5-7(11)18-6)13-14-9(15)19(12,16)17/h4-5H,1-3H3. The Morgan fingerprint density at radius 1 is 1.32 bits per heavy atom. The molecule has 0 saturated heterocycles. The van der Waals surface area contributed by atoms with E-state index in [0.717, 1.165) is 8.66 Å². The fourth-order valence-electron chi connectivity index (χ4n) is 1.63. The molecule has 0 aromatic carbocycles. The maximum Gasteiger partial charge on any atom is 0.296 e. The Morgan fingerprint density at radius 3 is 2.37 bits per heavy atom. The summed E-state index contributed by atoms with van der Waals surface area (Å²) >= 11 is 4.82. The lowest BCUT2D eigenvalue weighted by Crippen LogP contribution is -2.25. The van der Waals surface area contributed by atoms with Crippen molar-refractivity contribution in [1.29, 1.82) is 0 Å². The first kappa shape index (κ1) is 15.0. The van der Waals surface area contributed by atoms with Gasteiger partial charge in [-0.15, -0.1) is 21.5 Å². The van der Waals surface area contributed by atoms with E-state index in [4.69, 9.17) is 10.7 Å². The Kier molecular flexibility index (Phi) is 3.81. The van der Waals surface area contributed by atoms with Crippen LogP contribution < -0.4 is 0 Å². The van der Waals surface area contributed by atoms with Crippen LogP contribution in [-0.2, 0) is 14.6 Å². The van der Waals surface area contributed by atoms with Gasteiger partial charge in [0.05, 0.1) is 8.66 Å². The molecule has 0 spiro atoms. The summed E-state index contributed by atoms with van der Waals surface area (Å²) in [4.78, 5) is 0.820. The van der Waals surface area contributed by atoms with Crippen molar-refractivity contribution < 1.29 is 8.42 Å². The molecule has 0 N–H and O–H groups in total. The van der Waals surface area contributed by atoms with Crippen molar-refractivity contribution in [2.24, 2.45) is 0 Å². The van der Waals surface area contributed by atoms with Crippen LogP contribution in [0.5, 0.6) is 0 Å². The van der Waals surface area contributed by atoms with E-state index in [1.54, 1.807) is 0 Å². The summed E-state index contributed by atoms with van der Waals surface area (Å²) < 4.78 is 25.6. The first-order chi connectivity index (χ1) is 8.60. The van der Waals surface area contributed by atoms with E-state index in [2.05, 4.69) is 26.1 Å². The van der Waals surface area contributed by atoms with Gasteiger partial charge in [-0.3, -0.25) is 4.57 Å².